The van der Waals surface area contributed by atoms with Gasteiger partial charge in [0.1, 0.15) is 5.69 Å². The molecule has 2 aromatic rings. The molecule has 19 heavy (non-hydrogen) atoms. The highest BCUT2D eigenvalue weighted by Gasteiger charge is 2.20. The van der Waals surface area contributed by atoms with Gasteiger partial charge in [-0.25, -0.2) is 4.98 Å². The van der Waals surface area contributed by atoms with Crippen molar-refractivity contribution in [2.45, 2.75) is 19.8 Å². The van der Waals surface area contributed by atoms with Crippen molar-refractivity contribution < 1.29 is 0 Å². The number of nitrogens with one attached hydrogen (secondary N) is 1. The van der Waals surface area contributed by atoms with Gasteiger partial charge in [0, 0.05) is 25.5 Å². The molecule has 0 aromatic carbocycles. The number of nitrogens with zero attached hydrogens (tertiary/aromatic N) is 4. The predicted octanol–water partition coefficient (Wildman–Crippen LogP) is 2.94. The van der Waals surface area contributed by atoms with Gasteiger partial charge in [-0.1, -0.05) is 18.3 Å². The third-order valence-electron chi connectivity index (χ3n) is 3.28. The second-order valence-electron chi connectivity index (χ2n) is 4.87. The van der Waals surface area contributed by atoms with Crippen molar-refractivity contribution in [1.82, 2.24) is 15.2 Å². The summed E-state index contributed by atoms with van der Waals surface area (Å²) < 4.78 is 0. The van der Waals surface area contributed by atoms with E-state index in [1.807, 2.05) is 7.05 Å². The molecule has 0 aliphatic carbocycles. The summed E-state index contributed by atoms with van der Waals surface area (Å²) in [4.78, 5) is 7.10. The van der Waals surface area contributed by atoms with E-state index in [0.29, 0.717) is 0 Å². The first-order valence-electron chi connectivity index (χ1n) is 6.48. The lowest BCUT2D eigenvalue weighted by Crippen LogP contribution is -2.34. The van der Waals surface area contributed by atoms with Gasteiger partial charge >= 0.3 is 0 Å². The summed E-state index contributed by atoms with van der Waals surface area (Å²) in [5, 5.41) is 16.1. The summed E-state index contributed by atoms with van der Waals surface area (Å²) in [6.07, 6.45) is 2.59. The van der Waals surface area contributed by atoms with Gasteiger partial charge in [-0.3, -0.25) is 0 Å². The van der Waals surface area contributed by atoms with Gasteiger partial charge in [0.15, 0.2) is 10.1 Å². The van der Waals surface area contributed by atoms with Gasteiger partial charge in [0.2, 0.25) is 5.13 Å². The van der Waals surface area contributed by atoms with E-state index >= 15 is 0 Å². The molecule has 3 rings (SSSR count). The molecule has 1 N–H and O–H groups in total. The molecule has 2 aromatic heterocycles. The third-order valence-corrected chi connectivity index (χ3v) is 5.14. The lowest BCUT2D eigenvalue weighted by molar-refractivity contribution is 0.446. The van der Waals surface area contributed by atoms with Gasteiger partial charge < -0.3 is 10.2 Å². The highest BCUT2D eigenvalue weighted by molar-refractivity contribution is 7.19. The molecule has 1 saturated heterocycles. The van der Waals surface area contributed by atoms with Crippen LogP contribution in [-0.2, 0) is 0 Å². The number of rotatable bonds is 3. The van der Waals surface area contributed by atoms with E-state index in [-0.39, 0.29) is 0 Å². The Hall–Kier alpha value is -1.21. The highest BCUT2D eigenvalue weighted by atomic mass is 32.1. The maximum atomic E-state index is 4.71. The molecule has 3 heterocycles. The van der Waals surface area contributed by atoms with Crippen molar-refractivity contribution >= 4 is 32.9 Å². The lowest BCUT2D eigenvalue weighted by Gasteiger charge is -2.30. The van der Waals surface area contributed by atoms with Crippen LogP contribution in [0.3, 0.4) is 0 Å². The molecule has 0 amide bonds. The minimum Gasteiger partial charge on any atom is -0.363 e. The summed E-state index contributed by atoms with van der Waals surface area (Å²) in [5.74, 6) is 0.763. The van der Waals surface area contributed by atoms with Gasteiger partial charge in [-0.15, -0.1) is 21.5 Å². The van der Waals surface area contributed by atoms with Crippen molar-refractivity contribution in [3.05, 3.63) is 5.38 Å². The zero-order chi connectivity index (χ0) is 13.2. The Morgan fingerprint density at radius 2 is 2.32 bits per heavy atom. The van der Waals surface area contributed by atoms with E-state index in [9.17, 15) is 0 Å². The Morgan fingerprint density at radius 3 is 3.05 bits per heavy atom. The third kappa shape index (κ3) is 2.71. The Morgan fingerprint density at radius 1 is 1.42 bits per heavy atom. The fourth-order valence-corrected chi connectivity index (χ4v) is 3.88. The zero-order valence-corrected chi connectivity index (χ0v) is 12.7. The minimum atomic E-state index is 0.763. The first-order chi connectivity index (χ1) is 9.26. The molecule has 5 nitrogen and oxygen atoms in total. The Balaban J connectivity index is 1.78. The molecule has 1 aliphatic heterocycles. The molecule has 1 fully saturated rings. The summed E-state index contributed by atoms with van der Waals surface area (Å²) >= 11 is 3.24. The maximum Gasteiger partial charge on any atom is 0.205 e. The number of hydrogen-bond acceptors (Lipinski definition) is 7. The molecule has 0 radical (unpaired) electrons. The molecule has 102 valence electrons. The van der Waals surface area contributed by atoms with Gasteiger partial charge in [-0.05, 0) is 18.8 Å². The van der Waals surface area contributed by atoms with Crippen LogP contribution >= 0.6 is 22.7 Å². The summed E-state index contributed by atoms with van der Waals surface area (Å²) in [5.41, 5.74) is 0.942. The van der Waals surface area contributed by atoms with Crippen LogP contribution < -0.4 is 10.2 Å². The average Bonchev–Trinajstić information content (AvgIpc) is 3.07. The first kappa shape index (κ1) is 12.8. The van der Waals surface area contributed by atoms with Crippen LogP contribution in [0.4, 0.5) is 10.3 Å². The molecule has 1 aliphatic rings. The fourth-order valence-electron chi connectivity index (χ4n) is 2.30. The minimum absolute atomic E-state index is 0.763. The van der Waals surface area contributed by atoms with Crippen LogP contribution in [0.25, 0.3) is 10.7 Å². The second kappa shape index (κ2) is 5.42. The van der Waals surface area contributed by atoms with Gasteiger partial charge in [-0.2, -0.15) is 0 Å². The molecule has 0 saturated carbocycles. The normalized spacial score (nSPS) is 19.7. The zero-order valence-electron chi connectivity index (χ0n) is 11.1. The monoisotopic (exact) mass is 295 g/mol. The number of thiazole rings is 1. The van der Waals surface area contributed by atoms with Crippen molar-refractivity contribution in [3.8, 4) is 10.7 Å². The lowest BCUT2D eigenvalue weighted by atomic mass is 10.0. The number of piperidine rings is 1. The maximum absolute atomic E-state index is 4.71. The SMILES string of the molecule is CNc1nnc(-c2csc(N3CCCC(C)C3)n2)s1. The van der Waals surface area contributed by atoms with E-state index in [1.165, 1.54) is 24.2 Å². The molecular weight excluding hydrogens is 278 g/mol. The van der Waals surface area contributed by atoms with Crippen LogP contribution in [0.15, 0.2) is 5.38 Å². The molecule has 7 heteroatoms. The van der Waals surface area contributed by atoms with Crippen LogP contribution in [0.5, 0.6) is 0 Å². The number of hydrogen-bond donors (Lipinski definition) is 1. The summed E-state index contributed by atoms with van der Waals surface area (Å²) in [6, 6.07) is 0. The quantitative estimate of drug-likeness (QED) is 0.943. The van der Waals surface area contributed by atoms with Gasteiger partial charge in [0.05, 0.1) is 0 Å². The van der Waals surface area contributed by atoms with Crippen molar-refractivity contribution in [2.24, 2.45) is 5.92 Å². The standard InChI is InChI=1S/C12H17N5S2/c1-8-4-3-5-17(6-8)12-14-9(7-18-12)10-15-16-11(13-2)19-10/h7-8H,3-6H2,1-2H3,(H,13,16). The first-order valence-corrected chi connectivity index (χ1v) is 8.18. The van der Waals surface area contributed by atoms with Gasteiger partial charge in [0.25, 0.3) is 0 Å². The molecule has 0 spiro atoms. The number of aromatic nitrogens is 3. The van der Waals surface area contributed by atoms with Crippen LogP contribution in [-0.4, -0.2) is 35.3 Å². The van der Waals surface area contributed by atoms with Crippen LogP contribution in [0.1, 0.15) is 19.8 Å². The van der Waals surface area contributed by atoms with E-state index in [1.54, 1.807) is 11.3 Å². The Bertz CT molecular complexity index is 550. The smallest absolute Gasteiger partial charge is 0.205 e. The molecule has 1 atom stereocenters. The highest BCUT2D eigenvalue weighted by Crippen LogP contribution is 2.32. The van der Waals surface area contributed by atoms with Crippen molar-refractivity contribution in [3.63, 3.8) is 0 Å². The molecule has 1 unspecified atom stereocenters. The fraction of sp³-hybridized carbons (Fsp3) is 0.583. The van der Waals surface area contributed by atoms with Crippen molar-refractivity contribution in [2.75, 3.05) is 30.4 Å². The van der Waals surface area contributed by atoms with E-state index in [2.05, 4.69) is 32.7 Å². The van der Waals surface area contributed by atoms with E-state index < -0.39 is 0 Å². The topological polar surface area (TPSA) is 53.9 Å². The Kier molecular flexibility index (Phi) is 3.65. The van der Waals surface area contributed by atoms with E-state index in [4.69, 9.17) is 4.98 Å². The van der Waals surface area contributed by atoms with Crippen molar-refractivity contribution in [1.29, 1.82) is 0 Å². The predicted molar refractivity (Wildman–Crippen MR) is 81.2 cm³/mol. The van der Waals surface area contributed by atoms with E-state index in [0.717, 1.165) is 40.0 Å². The molecule has 0 bridgehead atoms. The Labute approximate surface area is 120 Å². The van der Waals surface area contributed by atoms with Crippen LogP contribution in [0, 0.1) is 5.92 Å². The molecular formula is C12H17N5S2. The largest absolute Gasteiger partial charge is 0.363 e. The average molecular weight is 295 g/mol. The number of anilines is 2. The van der Waals surface area contributed by atoms with Crippen LogP contribution in [0.2, 0.25) is 0 Å². The second-order valence-corrected chi connectivity index (χ2v) is 6.69. The summed E-state index contributed by atoms with van der Waals surface area (Å²) in [6.45, 7) is 4.55. The summed E-state index contributed by atoms with van der Waals surface area (Å²) in [7, 11) is 1.85.